The van der Waals surface area contributed by atoms with Crippen LogP contribution in [-0.2, 0) is 0 Å². The Balaban J connectivity index is 1.72. The average molecular weight is 387 g/mol. The van der Waals surface area contributed by atoms with Crippen LogP contribution in [0.2, 0.25) is 5.02 Å². The molecule has 0 bridgehead atoms. The van der Waals surface area contributed by atoms with Crippen molar-refractivity contribution in [2.24, 2.45) is 5.10 Å². The summed E-state index contributed by atoms with van der Waals surface area (Å²) in [6, 6.07) is 10.3. The van der Waals surface area contributed by atoms with Crippen LogP contribution in [0.4, 0.5) is 11.5 Å². The molecule has 10 heteroatoms. The third kappa shape index (κ3) is 4.28. The lowest BCUT2D eigenvalue weighted by atomic mass is 10.1. The minimum absolute atomic E-state index is 0.0897. The van der Waals surface area contributed by atoms with E-state index in [-0.39, 0.29) is 11.3 Å². The summed E-state index contributed by atoms with van der Waals surface area (Å²) in [5.41, 5.74) is 3.03. The second-order valence-electron chi connectivity index (χ2n) is 5.23. The largest absolute Gasteiger partial charge is 0.478 e. The van der Waals surface area contributed by atoms with Crippen molar-refractivity contribution in [2.45, 2.75) is 0 Å². The van der Waals surface area contributed by atoms with Crippen LogP contribution in [-0.4, -0.2) is 27.2 Å². The van der Waals surface area contributed by atoms with Gasteiger partial charge in [-0.25, -0.2) is 9.78 Å². The first-order chi connectivity index (χ1) is 12.9. The fourth-order valence-corrected chi connectivity index (χ4v) is 2.35. The summed E-state index contributed by atoms with van der Waals surface area (Å²) < 4.78 is 5.60. The van der Waals surface area contributed by atoms with Crippen molar-refractivity contribution in [3.63, 3.8) is 0 Å². The van der Waals surface area contributed by atoms with E-state index in [4.69, 9.17) is 21.1 Å². The van der Waals surface area contributed by atoms with E-state index in [0.717, 1.165) is 6.20 Å². The number of hydrogen-bond acceptors (Lipinski definition) is 7. The third-order valence-corrected chi connectivity index (χ3v) is 3.76. The standard InChI is InChI=1S/C17H11ClN4O5/c18-14-4-1-10(17(23)24)7-13(14)15-5-3-12(27-15)9-20-21-16-6-2-11(8-19-16)22(25)26/h1-9H,(H,19,21)(H,23,24). The molecule has 0 amide bonds. The van der Waals surface area contributed by atoms with Gasteiger partial charge in [-0.2, -0.15) is 5.10 Å². The molecule has 9 nitrogen and oxygen atoms in total. The maximum absolute atomic E-state index is 11.1. The van der Waals surface area contributed by atoms with Crippen molar-refractivity contribution in [3.8, 4) is 11.3 Å². The molecule has 0 fully saturated rings. The number of aromatic nitrogens is 1. The zero-order valence-corrected chi connectivity index (χ0v) is 14.3. The lowest BCUT2D eigenvalue weighted by molar-refractivity contribution is -0.385. The molecule has 0 aliphatic heterocycles. The van der Waals surface area contributed by atoms with Crippen molar-refractivity contribution < 1.29 is 19.2 Å². The Hall–Kier alpha value is -3.72. The Kier molecular flexibility index (Phi) is 5.13. The van der Waals surface area contributed by atoms with E-state index in [9.17, 15) is 14.9 Å². The normalized spacial score (nSPS) is 10.9. The fraction of sp³-hybridized carbons (Fsp3) is 0. The van der Waals surface area contributed by atoms with Gasteiger partial charge in [0, 0.05) is 11.6 Å². The first-order valence-corrected chi connectivity index (χ1v) is 7.84. The number of carboxylic acids is 1. The van der Waals surface area contributed by atoms with Gasteiger partial charge in [-0.05, 0) is 36.4 Å². The summed E-state index contributed by atoms with van der Waals surface area (Å²) >= 11 is 6.11. The van der Waals surface area contributed by atoms with E-state index >= 15 is 0 Å². The Bertz CT molecular complexity index is 1030. The number of rotatable bonds is 6. The van der Waals surface area contributed by atoms with Gasteiger partial charge < -0.3 is 9.52 Å². The molecule has 0 saturated heterocycles. The van der Waals surface area contributed by atoms with Crippen LogP contribution in [0.5, 0.6) is 0 Å². The summed E-state index contributed by atoms with van der Waals surface area (Å²) in [6.07, 6.45) is 2.49. The molecule has 0 radical (unpaired) electrons. The number of carbonyl (C=O) groups is 1. The highest BCUT2D eigenvalue weighted by molar-refractivity contribution is 6.33. The number of nitrogens with one attached hydrogen (secondary N) is 1. The van der Waals surface area contributed by atoms with Crippen molar-refractivity contribution in [2.75, 3.05) is 5.43 Å². The number of hydrogen-bond donors (Lipinski definition) is 2. The van der Waals surface area contributed by atoms with Crippen LogP contribution in [0.1, 0.15) is 16.1 Å². The molecule has 0 saturated carbocycles. The van der Waals surface area contributed by atoms with E-state index in [0.29, 0.717) is 27.9 Å². The monoisotopic (exact) mass is 386 g/mol. The summed E-state index contributed by atoms with van der Waals surface area (Å²) in [7, 11) is 0. The first-order valence-electron chi connectivity index (χ1n) is 7.46. The lowest BCUT2D eigenvalue weighted by Gasteiger charge is -2.02. The highest BCUT2D eigenvalue weighted by atomic mass is 35.5. The number of nitrogens with zero attached hydrogens (tertiary/aromatic N) is 3. The highest BCUT2D eigenvalue weighted by Gasteiger charge is 2.12. The summed E-state index contributed by atoms with van der Waals surface area (Å²) in [5, 5.41) is 23.9. The van der Waals surface area contributed by atoms with Gasteiger partial charge in [0.2, 0.25) is 0 Å². The number of benzene rings is 1. The summed E-state index contributed by atoms with van der Waals surface area (Å²) in [4.78, 5) is 25.0. The van der Waals surface area contributed by atoms with E-state index < -0.39 is 10.9 Å². The molecule has 136 valence electrons. The van der Waals surface area contributed by atoms with Gasteiger partial charge in [-0.3, -0.25) is 15.5 Å². The van der Waals surface area contributed by atoms with Gasteiger partial charge >= 0.3 is 5.97 Å². The molecular weight excluding hydrogens is 376 g/mol. The maximum atomic E-state index is 11.1. The minimum atomic E-state index is -1.07. The second-order valence-corrected chi connectivity index (χ2v) is 5.64. The van der Waals surface area contributed by atoms with E-state index in [1.807, 2.05) is 0 Å². The van der Waals surface area contributed by atoms with Crippen LogP contribution in [0.25, 0.3) is 11.3 Å². The predicted molar refractivity (Wildman–Crippen MR) is 98.2 cm³/mol. The number of nitro groups is 1. The van der Waals surface area contributed by atoms with Crippen molar-refractivity contribution in [1.82, 2.24) is 4.98 Å². The number of pyridine rings is 1. The van der Waals surface area contributed by atoms with Crippen LogP contribution >= 0.6 is 11.6 Å². The molecule has 27 heavy (non-hydrogen) atoms. The van der Waals surface area contributed by atoms with Gasteiger partial charge in [0.1, 0.15) is 23.5 Å². The summed E-state index contributed by atoms with van der Waals surface area (Å²) in [6.45, 7) is 0. The molecule has 0 unspecified atom stereocenters. The Morgan fingerprint density at radius 1 is 1.30 bits per heavy atom. The quantitative estimate of drug-likeness (QED) is 0.371. The van der Waals surface area contributed by atoms with Crippen LogP contribution < -0.4 is 5.43 Å². The van der Waals surface area contributed by atoms with Crippen molar-refractivity contribution in [1.29, 1.82) is 0 Å². The number of hydrazone groups is 1. The maximum Gasteiger partial charge on any atom is 0.335 e. The van der Waals surface area contributed by atoms with E-state index in [2.05, 4.69) is 15.5 Å². The zero-order valence-electron chi connectivity index (χ0n) is 13.5. The molecule has 0 atom stereocenters. The molecule has 2 heterocycles. The topological polar surface area (TPSA) is 131 Å². The average Bonchev–Trinajstić information content (AvgIpc) is 3.11. The van der Waals surface area contributed by atoms with Crippen LogP contribution in [0, 0.1) is 10.1 Å². The molecule has 2 aromatic heterocycles. The van der Waals surface area contributed by atoms with Crippen LogP contribution in [0.3, 0.4) is 0 Å². The predicted octanol–water partition coefficient (Wildman–Crippen LogP) is 4.05. The molecular formula is C17H11ClN4O5. The number of carboxylic acid groups (broad SMARTS) is 1. The van der Waals surface area contributed by atoms with E-state index in [1.54, 1.807) is 12.1 Å². The van der Waals surface area contributed by atoms with Gasteiger partial charge in [-0.15, -0.1) is 0 Å². The van der Waals surface area contributed by atoms with Crippen molar-refractivity contribution >= 4 is 35.3 Å². The third-order valence-electron chi connectivity index (χ3n) is 3.44. The SMILES string of the molecule is O=C(O)c1ccc(Cl)c(-c2ccc(C=NNc3ccc([N+](=O)[O-])cn3)o2)c1. The molecule has 0 aliphatic rings. The fourth-order valence-electron chi connectivity index (χ4n) is 2.14. The van der Waals surface area contributed by atoms with Gasteiger partial charge in [0.25, 0.3) is 5.69 Å². The zero-order chi connectivity index (χ0) is 19.4. The van der Waals surface area contributed by atoms with Gasteiger partial charge in [0.15, 0.2) is 0 Å². The smallest absolute Gasteiger partial charge is 0.335 e. The van der Waals surface area contributed by atoms with Gasteiger partial charge in [0.05, 0.1) is 21.7 Å². The lowest BCUT2D eigenvalue weighted by Crippen LogP contribution is -1.96. The Morgan fingerprint density at radius 2 is 2.11 bits per heavy atom. The second kappa shape index (κ2) is 7.67. The minimum Gasteiger partial charge on any atom is -0.478 e. The van der Waals surface area contributed by atoms with Crippen LogP contribution in [0.15, 0.2) is 58.2 Å². The Morgan fingerprint density at radius 3 is 2.78 bits per heavy atom. The molecule has 0 aliphatic carbocycles. The first kappa shape index (κ1) is 18.1. The van der Waals surface area contributed by atoms with Crippen molar-refractivity contribution in [3.05, 3.63) is 75.1 Å². The van der Waals surface area contributed by atoms with Gasteiger partial charge in [-0.1, -0.05) is 11.6 Å². The number of halogens is 1. The Labute approximate surface area is 157 Å². The number of aromatic carboxylic acids is 1. The highest BCUT2D eigenvalue weighted by Crippen LogP contribution is 2.30. The number of furan rings is 1. The van der Waals surface area contributed by atoms with E-state index in [1.165, 1.54) is 36.5 Å². The molecule has 2 N–H and O–H groups in total. The molecule has 3 aromatic rings. The summed E-state index contributed by atoms with van der Waals surface area (Å²) in [5.74, 6) is 0.0242. The molecule has 3 rings (SSSR count). The molecule has 0 spiro atoms. The molecule has 1 aromatic carbocycles. The number of anilines is 1.